The van der Waals surface area contributed by atoms with Crippen molar-refractivity contribution in [1.29, 1.82) is 0 Å². The van der Waals surface area contributed by atoms with E-state index in [4.69, 9.17) is 21.1 Å². The summed E-state index contributed by atoms with van der Waals surface area (Å²) in [6.07, 6.45) is 3.33. The fourth-order valence-corrected chi connectivity index (χ4v) is 4.32. The molecule has 3 heterocycles. The Kier molecular flexibility index (Phi) is 6.10. The summed E-state index contributed by atoms with van der Waals surface area (Å²) >= 11 is 6.17. The van der Waals surface area contributed by atoms with Crippen LogP contribution in [0, 0.1) is 11.7 Å². The number of nitrogens with one attached hydrogen (secondary N) is 1. The first-order valence-electron chi connectivity index (χ1n) is 11.0. The number of nitrogens with zero attached hydrogens (tertiary/aromatic N) is 2. The molecule has 35 heavy (non-hydrogen) atoms. The van der Waals surface area contributed by atoms with Gasteiger partial charge in [0.05, 0.1) is 17.9 Å². The highest BCUT2D eigenvalue weighted by molar-refractivity contribution is 6.30. The van der Waals surface area contributed by atoms with E-state index in [2.05, 4.69) is 5.32 Å². The monoisotopic (exact) mass is 501 g/mol. The predicted molar refractivity (Wildman–Crippen MR) is 127 cm³/mol. The Balaban J connectivity index is 1.22. The molecule has 2 aromatic carbocycles. The number of likely N-dealkylation sites (tertiary alicyclic amines) is 1. The van der Waals surface area contributed by atoms with Crippen LogP contribution in [0.2, 0.25) is 5.02 Å². The lowest BCUT2D eigenvalue weighted by atomic mass is 9.99. The van der Waals surface area contributed by atoms with Crippen molar-refractivity contribution in [2.45, 2.75) is 0 Å². The van der Waals surface area contributed by atoms with Crippen LogP contribution in [0.5, 0.6) is 11.5 Å². The molecule has 0 spiro atoms. The normalized spacial score (nSPS) is 17.5. The lowest BCUT2D eigenvalue weighted by Gasteiger charge is -2.39. The van der Waals surface area contributed by atoms with Gasteiger partial charge in [-0.3, -0.25) is 9.59 Å². The smallest absolute Gasteiger partial charge is 0.262 e. The van der Waals surface area contributed by atoms with Crippen LogP contribution in [0.4, 0.5) is 14.5 Å². The Morgan fingerprint density at radius 3 is 2.83 bits per heavy atom. The van der Waals surface area contributed by atoms with E-state index in [1.165, 1.54) is 21.9 Å². The highest BCUT2D eigenvalue weighted by atomic mass is 35.5. The first kappa shape index (κ1) is 23.2. The minimum Gasteiger partial charge on any atom is -0.493 e. The number of halogens is 3. The van der Waals surface area contributed by atoms with Gasteiger partial charge in [-0.1, -0.05) is 17.7 Å². The Hall–Kier alpha value is -3.59. The summed E-state index contributed by atoms with van der Waals surface area (Å²) in [4.78, 5) is 27.3. The third-order valence-corrected chi connectivity index (χ3v) is 6.36. The van der Waals surface area contributed by atoms with Crippen molar-refractivity contribution in [3.63, 3.8) is 0 Å². The summed E-state index contributed by atoms with van der Waals surface area (Å²) in [6.45, 7) is 1.35. The first-order valence-corrected chi connectivity index (χ1v) is 11.4. The highest BCUT2D eigenvalue weighted by Crippen LogP contribution is 2.34. The first-order chi connectivity index (χ1) is 16.8. The average Bonchev–Trinajstić information content (AvgIpc) is 2.80. The summed E-state index contributed by atoms with van der Waals surface area (Å²) in [5.41, 5.74) is 1.52. The Labute approximate surface area is 205 Å². The molecule has 0 aliphatic carbocycles. The van der Waals surface area contributed by atoms with E-state index in [0.29, 0.717) is 48.1 Å². The van der Waals surface area contributed by atoms with E-state index in [-0.39, 0.29) is 41.4 Å². The topological polar surface area (TPSA) is 71.1 Å². The number of benzene rings is 2. The Bertz CT molecular complexity index is 1270. The molecule has 0 bridgehead atoms. The molecule has 2 aromatic rings. The van der Waals surface area contributed by atoms with E-state index in [9.17, 15) is 18.4 Å². The predicted octanol–water partition coefficient (Wildman–Crippen LogP) is 4.10. The number of hydrogen-bond acceptors (Lipinski definition) is 5. The molecule has 1 N–H and O–H groups in total. The molecule has 0 aromatic heterocycles. The molecule has 2 amide bonds. The van der Waals surface area contributed by atoms with Gasteiger partial charge in [-0.2, -0.15) is 4.39 Å². The van der Waals surface area contributed by atoms with Crippen LogP contribution in [0.3, 0.4) is 0 Å². The van der Waals surface area contributed by atoms with Crippen LogP contribution in [-0.2, 0) is 4.79 Å². The SMILES string of the molecule is CN1CC=C(c2cc(Cl)ccc2OCC2CN(C(=O)c3cc4c(cc3F)OCC(=O)N4)C2)C=C1F. The van der Waals surface area contributed by atoms with Crippen LogP contribution in [0.1, 0.15) is 15.9 Å². The summed E-state index contributed by atoms with van der Waals surface area (Å²) < 4.78 is 39.8. The molecule has 3 aliphatic rings. The van der Waals surface area contributed by atoms with Gasteiger partial charge in [-0.05, 0) is 35.9 Å². The van der Waals surface area contributed by atoms with Crippen molar-refractivity contribution in [2.24, 2.45) is 5.92 Å². The zero-order valence-corrected chi connectivity index (χ0v) is 19.6. The largest absolute Gasteiger partial charge is 0.493 e. The van der Waals surface area contributed by atoms with Crippen LogP contribution in [0.25, 0.3) is 5.57 Å². The second-order valence-electron chi connectivity index (χ2n) is 8.70. The zero-order valence-electron chi connectivity index (χ0n) is 18.8. The van der Waals surface area contributed by atoms with Crippen molar-refractivity contribution >= 4 is 34.7 Å². The number of carbonyl (C=O) groups excluding carboxylic acids is 2. The van der Waals surface area contributed by atoms with E-state index in [1.54, 1.807) is 25.2 Å². The standard InChI is InChI=1S/C25H22ClF2N3O4/c1-30-5-4-15(6-23(30)28)17-7-16(26)2-3-21(17)34-12-14-10-31(11-14)25(33)18-8-20-22(9-19(18)27)35-13-24(32)29-20/h2-4,6-9,14H,5,10-13H2,1H3,(H,29,32). The van der Waals surface area contributed by atoms with Gasteiger partial charge in [-0.25, -0.2) is 4.39 Å². The minimum absolute atomic E-state index is 0.0462. The van der Waals surface area contributed by atoms with Gasteiger partial charge < -0.3 is 24.6 Å². The molecule has 0 unspecified atom stereocenters. The molecule has 0 radical (unpaired) electrons. The van der Waals surface area contributed by atoms with E-state index in [1.807, 2.05) is 6.08 Å². The number of ether oxygens (including phenoxy) is 2. The van der Waals surface area contributed by atoms with Crippen molar-refractivity contribution < 1.29 is 27.8 Å². The minimum atomic E-state index is -0.706. The number of anilines is 1. The number of likely N-dealkylation sites (N-methyl/N-ethyl adjacent to an activating group) is 1. The van der Waals surface area contributed by atoms with Crippen LogP contribution in [-0.4, -0.2) is 61.5 Å². The van der Waals surface area contributed by atoms with E-state index >= 15 is 0 Å². The zero-order chi connectivity index (χ0) is 24.7. The highest BCUT2D eigenvalue weighted by Gasteiger charge is 2.34. The molecule has 1 fully saturated rings. The van der Waals surface area contributed by atoms with Gasteiger partial charge in [0.1, 0.15) is 17.3 Å². The van der Waals surface area contributed by atoms with Gasteiger partial charge >= 0.3 is 0 Å². The molecule has 1 saturated heterocycles. The van der Waals surface area contributed by atoms with Crippen molar-refractivity contribution in [3.8, 4) is 11.5 Å². The third kappa shape index (κ3) is 4.68. The molecule has 182 valence electrons. The second kappa shape index (κ2) is 9.22. The van der Waals surface area contributed by atoms with E-state index < -0.39 is 11.7 Å². The molecule has 0 atom stereocenters. The van der Waals surface area contributed by atoms with E-state index in [0.717, 1.165) is 6.07 Å². The fourth-order valence-electron chi connectivity index (χ4n) is 4.15. The van der Waals surface area contributed by atoms with Crippen LogP contribution < -0.4 is 14.8 Å². The lowest BCUT2D eigenvalue weighted by Crippen LogP contribution is -2.52. The number of amides is 2. The van der Waals surface area contributed by atoms with Crippen molar-refractivity contribution in [1.82, 2.24) is 9.80 Å². The second-order valence-corrected chi connectivity index (χ2v) is 9.14. The Morgan fingerprint density at radius 2 is 2.06 bits per heavy atom. The van der Waals surface area contributed by atoms with Crippen LogP contribution >= 0.6 is 11.6 Å². The van der Waals surface area contributed by atoms with Gasteiger partial charge in [0.2, 0.25) is 0 Å². The van der Waals surface area contributed by atoms with Gasteiger partial charge in [0.25, 0.3) is 11.8 Å². The molecule has 0 saturated carbocycles. The molecular weight excluding hydrogens is 480 g/mol. The molecular formula is C25H22ClF2N3O4. The van der Waals surface area contributed by atoms with Crippen LogP contribution in [0.15, 0.2) is 48.4 Å². The summed E-state index contributed by atoms with van der Waals surface area (Å²) in [5.74, 6) is -1.07. The maximum Gasteiger partial charge on any atom is 0.262 e. The summed E-state index contributed by atoms with van der Waals surface area (Å²) in [5, 5.41) is 3.09. The molecule has 10 heteroatoms. The number of rotatable bonds is 5. The summed E-state index contributed by atoms with van der Waals surface area (Å²) in [7, 11) is 1.66. The number of carbonyl (C=O) groups is 2. The van der Waals surface area contributed by atoms with Gasteiger partial charge in [-0.15, -0.1) is 0 Å². The Morgan fingerprint density at radius 1 is 1.26 bits per heavy atom. The number of allylic oxidation sites excluding steroid dienone is 2. The lowest BCUT2D eigenvalue weighted by molar-refractivity contribution is -0.118. The summed E-state index contributed by atoms with van der Waals surface area (Å²) in [6, 6.07) is 7.59. The average molecular weight is 502 g/mol. The van der Waals surface area contributed by atoms with Gasteiger partial charge in [0, 0.05) is 49.3 Å². The molecule has 5 rings (SSSR count). The quantitative estimate of drug-likeness (QED) is 0.625. The fraction of sp³-hybridized carbons (Fsp3) is 0.280. The van der Waals surface area contributed by atoms with Crippen molar-refractivity contribution in [2.75, 3.05) is 45.2 Å². The molecule has 3 aliphatic heterocycles. The number of hydrogen-bond donors (Lipinski definition) is 1. The molecule has 7 nitrogen and oxygen atoms in total. The van der Waals surface area contributed by atoms with Gasteiger partial charge in [0.15, 0.2) is 12.6 Å². The third-order valence-electron chi connectivity index (χ3n) is 6.13. The number of fused-ring (bicyclic) bond motifs is 1. The maximum atomic E-state index is 14.5. The van der Waals surface area contributed by atoms with Crippen molar-refractivity contribution in [3.05, 3.63) is 70.4 Å². The maximum absolute atomic E-state index is 14.5.